The van der Waals surface area contributed by atoms with E-state index >= 15 is 0 Å². The van der Waals surface area contributed by atoms with Crippen LogP contribution in [-0.4, -0.2) is 36.2 Å². The fourth-order valence-electron chi connectivity index (χ4n) is 4.62. The number of amides is 1. The summed E-state index contributed by atoms with van der Waals surface area (Å²) in [6.45, 7) is 10.3. The zero-order chi connectivity index (χ0) is 25.4. The van der Waals surface area contributed by atoms with Crippen LogP contribution >= 0.6 is 0 Å². The van der Waals surface area contributed by atoms with Crippen LogP contribution in [0.2, 0.25) is 0 Å². The molecule has 0 spiro atoms. The molecule has 2 N–H and O–H groups in total. The molecule has 190 valence electrons. The molecule has 2 atom stereocenters. The van der Waals surface area contributed by atoms with Gasteiger partial charge in [0.15, 0.2) is 0 Å². The number of anilines is 1. The van der Waals surface area contributed by atoms with Crippen LogP contribution in [0.4, 0.5) is 5.69 Å². The summed E-state index contributed by atoms with van der Waals surface area (Å²) in [6, 6.07) is 13.3. The molecule has 2 unspecified atom stereocenters. The number of nitrogens with one attached hydrogen (secondary N) is 1. The summed E-state index contributed by atoms with van der Waals surface area (Å²) in [6.07, 6.45) is 5.32. The first kappa shape index (κ1) is 26.6. The van der Waals surface area contributed by atoms with Crippen molar-refractivity contribution in [2.75, 3.05) is 18.0 Å². The van der Waals surface area contributed by atoms with Crippen molar-refractivity contribution in [1.29, 1.82) is 0 Å². The number of para-hydroxylation sites is 1. The Balaban J connectivity index is 1.80. The maximum atomic E-state index is 13.2. The van der Waals surface area contributed by atoms with E-state index in [0.29, 0.717) is 11.7 Å². The van der Waals surface area contributed by atoms with Crippen LogP contribution in [0.5, 0.6) is 5.75 Å². The zero-order valence-electron chi connectivity index (χ0n) is 21.5. The van der Waals surface area contributed by atoms with E-state index < -0.39 is 5.97 Å². The third kappa shape index (κ3) is 7.48. The normalized spacial score (nSPS) is 15.5. The van der Waals surface area contributed by atoms with Crippen molar-refractivity contribution in [3.8, 4) is 5.75 Å². The highest BCUT2D eigenvalue weighted by Crippen LogP contribution is 2.32. The van der Waals surface area contributed by atoms with Crippen molar-refractivity contribution in [2.24, 2.45) is 5.92 Å². The standard InChI is InChI=1S/C29H40N2O4/c1-5-21(4)35-27-18-22(13-14-24(27)29(33)34)19-28(32)30-25(17-20(2)3)23-11-7-8-12-26(23)31-15-9-6-10-16-31/h7-8,11-14,18,20-21,25H,5-6,9-10,15-17,19H2,1-4H3,(H,30,32)(H,33,34). The Labute approximate surface area is 209 Å². The number of piperidine rings is 1. The molecule has 1 amide bonds. The number of nitrogens with zero attached hydrogens (tertiary/aromatic N) is 1. The van der Waals surface area contributed by atoms with Gasteiger partial charge >= 0.3 is 5.97 Å². The lowest BCUT2D eigenvalue weighted by Gasteiger charge is -2.33. The number of carboxylic acids is 1. The van der Waals surface area contributed by atoms with Crippen LogP contribution in [0.1, 0.15) is 87.3 Å². The molecule has 0 aliphatic carbocycles. The number of hydrogen-bond acceptors (Lipinski definition) is 4. The fourth-order valence-corrected chi connectivity index (χ4v) is 4.62. The number of aromatic carboxylic acids is 1. The molecule has 0 radical (unpaired) electrons. The van der Waals surface area contributed by atoms with E-state index in [2.05, 4.69) is 42.3 Å². The van der Waals surface area contributed by atoms with Gasteiger partial charge in [-0.05, 0) is 74.3 Å². The predicted molar refractivity (Wildman–Crippen MR) is 140 cm³/mol. The molecule has 3 rings (SSSR count). The maximum absolute atomic E-state index is 13.2. The highest BCUT2D eigenvalue weighted by molar-refractivity contribution is 5.91. The summed E-state index contributed by atoms with van der Waals surface area (Å²) in [5.74, 6) is -0.390. The molecule has 1 heterocycles. The van der Waals surface area contributed by atoms with Gasteiger partial charge in [0.1, 0.15) is 11.3 Å². The van der Waals surface area contributed by atoms with Crippen LogP contribution in [0.15, 0.2) is 42.5 Å². The largest absolute Gasteiger partial charge is 0.490 e. The van der Waals surface area contributed by atoms with E-state index in [1.54, 1.807) is 12.1 Å². The van der Waals surface area contributed by atoms with E-state index in [4.69, 9.17) is 4.74 Å². The van der Waals surface area contributed by atoms with Crippen LogP contribution in [-0.2, 0) is 11.2 Å². The smallest absolute Gasteiger partial charge is 0.339 e. The van der Waals surface area contributed by atoms with Crippen molar-refractivity contribution >= 4 is 17.6 Å². The van der Waals surface area contributed by atoms with Crippen LogP contribution < -0.4 is 15.0 Å². The second-order valence-corrected chi connectivity index (χ2v) is 10.0. The topological polar surface area (TPSA) is 78.9 Å². The summed E-state index contributed by atoms with van der Waals surface area (Å²) < 4.78 is 5.85. The van der Waals surface area contributed by atoms with Crippen LogP contribution in [0, 0.1) is 5.92 Å². The lowest BCUT2D eigenvalue weighted by atomic mass is 9.94. The molecule has 2 aromatic rings. The predicted octanol–water partition coefficient (Wildman–Crippen LogP) is 6.00. The molecule has 0 saturated carbocycles. The Morgan fingerprint density at radius 2 is 1.77 bits per heavy atom. The molecular weight excluding hydrogens is 440 g/mol. The SMILES string of the molecule is CCC(C)Oc1cc(CC(=O)NC(CC(C)C)c2ccccc2N2CCCCC2)ccc1C(=O)O. The van der Waals surface area contributed by atoms with Gasteiger partial charge in [0, 0.05) is 18.8 Å². The lowest BCUT2D eigenvalue weighted by molar-refractivity contribution is -0.121. The molecule has 6 nitrogen and oxygen atoms in total. The highest BCUT2D eigenvalue weighted by atomic mass is 16.5. The third-order valence-electron chi connectivity index (χ3n) is 6.60. The third-order valence-corrected chi connectivity index (χ3v) is 6.60. The molecule has 35 heavy (non-hydrogen) atoms. The average Bonchev–Trinajstić information content (AvgIpc) is 2.83. The molecule has 1 fully saturated rings. The highest BCUT2D eigenvalue weighted by Gasteiger charge is 2.23. The van der Waals surface area contributed by atoms with E-state index in [9.17, 15) is 14.7 Å². The van der Waals surface area contributed by atoms with Crippen molar-refractivity contribution in [3.63, 3.8) is 0 Å². The number of benzene rings is 2. The average molecular weight is 481 g/mol. The van der Waals surface area contributed by atoms with Crippen molar-refractivity contribution in [3.05, 3.63) is 59.2 Å². The van der Waals surface area contributed by atoms with Gasteiger partial charge in [0.25, 0.3) is 0 Å². The maximum Gasteiger partial charge on any atom is 0.339 e. The molecule has 1 aliphatic rings. The first-order valence-corrected chi connectivity index (χ1v) is 12.9. The van der Waals surface area contributed by atoms with Gasteiger partial charge in [-0.15, -0.1) is 0 Å². The zero-order valence-corrected chi connectivity index (χ0v) is 21.5. The number of rotatable bonds is 11. The van der Waals surface area contributed by atoms with E-state index in [-0.39, 0.29) is 30.0 Å². The minimum absolute atomic E-state index is 0.0818. The Hall–Kier alpha value is -3.02. The van der Waals surface area contributed by atoms with E-state index in [0.717, 1.165) is 31.5 Å². The number of carbonyl (C=O) groups is 2. The van der Waals surface area contributed by atoms with Gasteiger partial charge in [-0.25, -0.2) is 4.79 Å². The molecule has 0 bridgehead atoms. The number of hydrogen-bond donors (Lipinski definition) is 2. The Kier molecular flexibility index (Phi) is 9.58. The Morgan fingerprint density at radius 3 is 2.43 bits per heavy atom. The van der Waals surface area contributed by atoms with E-state index in [1.165, 1.54) is 36.6 Å². The quantitative estimate of drug-likeness (QED) is 0.412. The van der Waals surface area contributed by atoms with Gasteiger partial charge in [-0.1, -0.05) is 45.0 Å². The molecule has 1 saturated heterocycles. The first-order valence-electron chi connectivity index (χ1n) is 12.9. The van der Waals surface area contributed by atoms with Gasteiger partial charge in [-0.3, -0.25) is 4.79 Å². The van der Waals surface area contributed by atoms with Crippen molar-refractivity contribution < 1.29 is 19.4 Å². The molecule has 6 heteroatoms. The van der Waals surface area contributed by atoms with Gasteiger partial charge in [0.2, 0.25) is 5.91 Å². The second kappa shape index (κ2) is 12.6. The molecule has 2 aromatic carbocycles. The van der Waals surface area contributed by atoms with Crippen LogP contribution in [0.3, 0.4) is 0 Å². The molecular formula is C29H40N2O4. The lowest BCUT2D eigenvalue weighted by Crippen LogP contribution is -2.34. The Morgan fingerprint density at radius 1 is 1.06 bits per heavy atom. The molecule has 0 aromatic heterocycles. The minimum atomic E-state index is -1.04. The van der Waals surface area contributed by atoms with Gasteiger partial charge in [0.05, 0.1) is 18.6 Å². The summed E-state index contributed by atoms with van der Waals surface area (Å²) in [4.78, 5) is 27.3. The van der Waals surface area contributed by atoms with E-state index in [1.807, 2.05) is 19.9 Å². The van der Waals surface area contributed by atoms with Crippen LogP contribution in [0.25, 0.3) is 0 Å². The molecule has 1 aliphatic heterocycles. The summed E-state index contributed by atoms with van der Waals surface area (Å²) in [7, 11) is 0. The summed E-state index contributed by atoms with van der Waals surface area (Å²) in [5, 5.41) is 12.8. The van der Waals surface area contributed by atoms with Crippen molar-refractivity contribution in [2.45, 2.75) is 78.4 Å². The second-order valence-electron chi connectivity index (χ2n) is 10.0. The minimum Gasteiger partial charge on any atom is -0.490 e. The number of ether oxygens (including phenoxy) is 1. The monoisotopic (exact) mass is 480 g/mol. The first-order chi connectivity index (χ1) is 16.8. The number of carboxylic acid groups (broad SMARTS) is 1. The Bertz CT molecular complexity index is 998. The fraction of sp³-hybridized carbons (Fsp3) is 0.517. The van der Waals surface area contributed by atoms with Gasteiger partial charge < -0.3 is 20.1 Å². The number of carbonyl (C=O) groups excluding carboxylic acids is 1. The summed E-state index contributed by atoms with van der Waals surface area (Å²) in [5.41, 5.74) is 3.23. The van der Waals surface area contributed by atoms with Crippen molar-refractivity contribution in [1.82, 2.24) is 5.32 Å². The van der Waals surface area contributed by atoms with Gasteiger partial charge in [-0.2, -0.15) is 0 Å². The summed E-state index contributed by atoms with van der Waals surface area (Å²) >= 11 is 0.